The number of nitrogens with two attached hydrogens (primary N) is 1. The molecule has 2 aromatic heterocycles. The standard InChI is InChI=1S/C7H9N5O4S2/c8-18(15,16)4-1-9-5-6(12(13)14)11-2-3-17-7(11)10-5/h2-3,9H,1,4H2,(H2,8,15,16). The van der Waals surface area contributed by atoms with Crippen LogP contribution in [0.1, 0.15) is 0 Å². The average molecular weight is 291 g/mol. The number of fused-ring (bicyclic) bond motifs is 1. The van der Waals surface area contributed by atoms with E-state index in [1.807, 2.05) is 0 Å². The van der Waals surface area contributed by atoms with Crippen molar-refractivity contribution in [2.24, 2.45) is 5.14 Å². The molecule has 0 radical (unpaired) electrons. The maximum Gasteiger partial charge on any atom is 0.372 e. The normalized spacial score (nSPS) is 11.8. The van der Waals surface area contributed by atoms with Gasteiger partial charge >= 0.3 is 5.82 Å². The van der Waals surface area contributed by atoms with E-state index in [-0.39, 0.29) is 23.9 Å². The van der Waals surface area contributed by atoms with Crippen LogP contribution in [0, 0.1) is 10.1 Å². The molecule has 0 aliphatic heterocycles. The molecule has 9 nitrogen and oxygen atoms in total. The van der Waals surface area contributed by atoms with Crippen molar-refractivity contribution in [3.8, 4) is 0 Å². The van der Waals surface area contributed by atoms with Gasteiger partial charge in [-0.15, -0.1) is 0 Å². The number of nitrogens with zero attached hydrogens (tertiary/aromatic N) is 3. The fourth-order valence-corrected chi connectivity index (χ4v) is 2.47. The minimum atomic E-state index is -3.61. The summed E-state index contributed by atoms with van der Waals surface area (Å²) in [6, 6.07) is 0. The first-order valence-corrected chi connectivity index (χ1v) is 7.32. The van der Waals surface area contributed by atoms with Crippen LogP contribution in [0.25, 0.3) is 4.96 Å². The lowest BCUT2D eigenvalue weighted by molar-refractivity contribution is -0.389. The molecule has 18 heavy (non-hydrogen) atoms. The highest BCUT2D eigenvalue weighted by molar-refractivity contribution is 7.89. The quantitative estimate of drug-likeness (QED) is 0.588. The molecule has 0 fully saturated rings. The molecule has 0 saturated heterocycles. The second-order valence-electron chi connectivity index (χ2n) is 3.39. The molecule has 0 atom stereocenters. The molecule has 98 valence electrons. The van der Waals surface area contributed by atoms with Crippen LogP contribution in [0.5, 0.6) is 0 Å². The summed E-state index contributed by atoms with van der Waals surface area (Å²) >= 11 is 1.24. The summed E-state index contributed by atoms with van der Waals surface area (Å²) in [6.07, 6.45) is 1.52. The smallest absolute Gasteiger partial charge is 0.362 e. The molecule has 0 saturated carbocycles. The summed E-state index contributed by atoms with van der Waals surface area (Å²) in [5.74, 6) is -0.508. The number of imidazole rings is 1. The van der Waals surface area contributed by atoms with Crippen molar-refractivity contribution in [3.05, 3.63) is 21.7 Å². The number of sulfonamides is 1. The Morgan fingerprint density at radius 2 is 2.33 bits per heavy atom. The van der Waals surface area contributed by atoms with Crippen molar-refractivity contribution in [3.63, 3.8) is 0 Å². The topological polar surface area (TPSA) is 133 Å². The van der Waals surface area contributed by atoms with Gasteiger partial charge in [-0.3, -0.25) is 0 Å². The Balaban J connectivity index is 2.25. The zero-order valence-corrected chi connectivity index (χ0v) is 10.6. The van der Waals surface area contributed by atoms with Crippen molar-refractivity contribution in [1.29, 1.82) is 0 Å². The molecule has 0 aliphatic rings. The minimum Gasteiger partial charge on any atom is -0.362 e. The number of hydrogen-bond donors (Lipinski definition) is 2. The van der Waals surface area contributed by atoms with Gasteiger partial charge in [0.25, 0.3) is 4.96 Å². The molecular formula is C7H9N5O4S2. The minimum absolute atomic E-state index is 0.0372. The second kappa shape index (κ2) is 4.51. The van der Waals surface area contributed by atoms with Crippen LogP contribution in [0.2, 0.25) is 0 Å². The van der Waals surface area contributed by atoms with Gasteiger partial charge in [0.15, 0.2) is 0 Å². The zero-order valence-electron chi connectivity index (χ0n) is 8.94. The summed E-state index contributed by atoms with van der Waals surface area (Å²) in [5, 5.41) is 20.0. The number of nitrogens with one attached hydrogen (secondary N) is 1. The fraction of sp³-hybridized carbons (Fsp3) is 0.286. The third-order valence-corrected chi connectivity index (χ3v) is 3.62. The van der Waals surface area contributed by atoms with E-state index >= 15 is 0 Å². The van der Waals surface area contributed by atoms with Crippen molar-refractivity contribution >= 4 is 38.0 Å². The van der Waals surface area contributed by atoms with Gasteiger partial charge in [0.05, 0.1) is 5.75 Å². The van der Waals surface area contributed by atoms with E-state index < -0.39 is 14.9 Å². The molecule has 0 amide bonds. The lowest BCUT2D eigenvalue weighted by atomic mass is 10.6. The molecule has 2 aromatic rings. The fourth-order valence-electron chi connectivity index (χ4n) is 1.38. The lowest BCUT2D eigenvalue weighted by Gasteiger charge is -2.01. The molecule has 0 bridgehead atoms. The summed E-state index contributed by atoms with van der Waals surface area (Å²) in [7, 11) is -3.61. The monoisotopic (exact) mass is 291 g/mol. The Bertz CT molecular complexity index is 688. The highest BCUT2D eigenvalue weighted by atomic mass is 32.2. The van der Waals surface area contributed by atoms with Gasteiger partial charge in [-0.05, 0) is 4.92 Å². The largest absolute Gasteiger partial charge is 0.372 e. The van der Waals surface area contributed by atoms with Crippen LogP contribution >= 0.6 is 11.3 Å². The molecule has 11 heteroatoms. The van der Waals surface area contributed by atoms with Crippen molar-refractivity contribution in [2.75, 3.05) is 17.6 Å². The van der Waals surface area contributed by atoms with Crippen LogP contribution in [-0.2, 0) is 10.0 Å². The van der Waals surface area contributed by atoms with Gasteiger partial charge in [-0.1, -0.05) is 11.3 Å². The van der Waals surface area contributed by atoms with Crippen LogP contribution < -0.4 is 10.5 Å². The predicted molar refractivity (Wildman–Crippen MR) is 66.2 cm³/mol. The number of rotatable bonds is 5. The van der Waals surface area contributed by atoms with Crippen LogP contribution in [-0.4, -0.2) is 35.0 Å². The molecule has 0 aromatic carbocycles. The Morgan fingerprint density at radius 3 is 2.94 bits per heavy atom. The van der Waals surface area contributed by atoms with Crippen molar-refractivity contribution in [2.45, 2.75) is 0 Å². The van der Waals surface area contributed by atoms with Crippen LogP contribution in [0.3, 0.4) is 0 Å². The van der Waals surface area contributed by atoms with E-state index in [0.29, 0.717) is 4.96 Å². The van der Waals surface area contributed by atoms with Gasteiger partial charge in [-0.2, -0.15) is 9.38 Å². The number of thiazole rings is 1. The SMILES string of the molecule is NS(=O)(=O)CCNc1nc2sccn2c1[N+](=O)[O-]. The zero-order chi connectivity index (χ0) is 13.3. The van der Waals surface area contributed by atoms with Gasteiger partial charge in [0, 0.05) is 11.9 Å². The summed E-state index contributed by atoms with van der Waals surface area (Å²) in [5.41, 5.74) is 0. The van der Waals surface area contributed by atoms with E-state index in [2.05, 4.69) is 10.3 Å². The average Bonchev–Trinajstić information content (AvgIpc) is 2.73. The molecular weight excluding hydrogens is 282 g/mol. The predicted octanol–water partition coefficient (Wildman–Crippen LogP) is 0.00440. The molecule has 2 heterocycles. The lowest BCUT2D eigenvalue weighted by Crippen LogP contribution is -2.22. The molecule has 0 spiro atoms. The number of nitro groups is 1. The maximum absolute atomic E-state index is 10.9. The maximum atomic E-state index is 10.9. The highest BCUT2D eigenvalue weighted by Gasteiger charge is 2.23. The van der Waals surface area contributed by atoms with Crippen molar-refractivity contribution < 1.29 is 13.3 Å². The van der Waals surface area contributed by atoms with Gasteiger partial charge < -0.3 is 15.4 Å². The van der Waals surface area contributed by atoms with Crippen LogP contribution in [0.15, 0.2) is 11.6 Å². The number of hydrogen-bond acceptors (Lipinski definition) is 7. The third-order valence-electron chi connectivity index (χ3n) is 2.09. The Labute approximate surface area is 105 Å². The van der Waals surface area contributed by atoms with E-state index in [1.165, 1.54) is 21.9 Å². The number of aromatic nitrogens is 2. The van der Waals surface area contributed by atoms with Crippen LogP contribution in [0.4, 0.5) is 11.6 Å². The molecule has 3 N–H and O–H groups in total. The first-order chi connectivity index (χ1) is 8.38. The van der Waals surface area contributed by atoms with Gasteiger partial charge in [-0.25, -0.2) is 13.6 Å². The summed E-state index contributed by atoms with van der Waals surface area (Å²) in [4.78, 5) is 14.8. The van der Waals surface area contributed by atoms with E-state index in [9.17, 15) is 18.5 Å². The highest BCUT2D eigenvalue weighted by Crippen LogP contribution is 2.27. The van der Waals surface area contributed by atoms with E-state index in [4.69, 9.17) is 5.14 Å². The Kier molecular flexibility index (Phi) is 3.19. The molecule has 0 aliphatic carbocycles. The first-order valence-electron chi connectivity index (χ1n) is 4.73. The Morgan fingerprint density at radius 1 is 1.61 bits per heavy atom. The molecule has 0 unspecified atom stereocenters. The third kappa shape index (κ3) is 2.57. The summed E-state index contributed by atoms with van der Waals surface area (Å²) < 4.78 is 22.8. The van der Waals surface area contributed by atoms with E-state index in [0.717, 1.165) is 0 Å². The van der Waals surface area contributed by atoms with Crippen molar-refractivity contribution in [1.82, 2.24) is 9.38 Å². The Hall–Kier alpha value is -1.72. The summed E-state index contributed by atoms with van der Waals surface area (Å²) in [6.45, 7) is -0.0372. The first kappa shape index (κ1) is 12.7. The van der Waals surface area contributed by atoms with Gasteiger partial charge in [0.1, 0.15) is 6.20 Å². The number of primary sulfonamides is 1. The second-order valence-corrected chi connectivity index (χ2v) is 6.00. The van der Waals surface area contributed by atoms with E-state index in [1.54, 1.807) is 5.38 Å². The van der Waals surface area contributed by atoms with Gasteiger partial charge in [0.2, 0.25) is 15.8 Å². The molecule has 2 rings (SSSR count). The number of anilines is 1.